The third kappa shape index (κ3) is 3.70. The molecule has 154 valence electrons. The molecule has 0 bridgehead atoms. The molecule has 4 heteroatoms. The van der Waals surface area contributed by atoms with Crippen LogP contribution in [-0.2, 0) is 12.8 Å². The van der Waals surface area contributed by atoms with Crippen LogP contribution in [0.15, 0.2) is 66.2 Å². The van der Waals surface area contributed by atoms with E-state index in [2.05, 4.69) is 0 Å². The van der Waals surface area contributed by atoms with Gasteiger partial charge in [0.2, 0.25) is 0 Å². The van der Waals surface area contributed by atoms with Crippen molar-refractivity contribution >= 4 is 5.57 Å². The number of hydrogen-bond acceptors (Lipinski definition) is 2. The molecule has 1 aliphatic rings. The molecule has 1 aliphatic carbocycles. The van der Waals surface area contributed by atoms with Crippen molar-refractivity contribution in [3.8, 4) is 11.5 Å². The maximum atomic E-state index is 14.9. The highest BCUT2D eigenvalue weighted by atomic mass is 19.1. The summed E-state index contributed by atoms with van der Waals surface area (Å²) in [5, 5.41) is 0. The molecule has 0 N–H and O–H groups in total. The Hall–Kier alpha value is -3.14. The second-order valence-corrected chi connectivity index (χ2v) is 7.60. The van der Waals surface area contributed by atoms with Crippen molar-refractivity contribution in [3.63, 3.8) is 0 Å². The largest absolute Gasteiger partial charge is 0.497 e. The molecule has 3 aromatic rings. The maximum Gasteiger partial charge on any atom is 0.130 e. The predicted molar refractivity (Wildman–Crippen MR) is 115 cm³/mol. The van der Waals surface area contributed by atoms with E-state index >= 15 is 0 Å². The smallest absolute Gasteiger partial charge is 0.130 e. The zero-order valence-corrected chi connectivity index (χ0v) is 17.3. The van der Waals surface area contributed by atoms with Gasteiger partial charge in [-0.3, -0.25) is 0 Å². The first-order valence-electron chi connectivity index (χ1n) is 9.95. The van der Waals surface area contributed by atoms with Crippen molar-refractivity contribution < 1.29 is 18.3 Å². The first-order chi connectivity index (χ1) is 14.5. The molecule has 2 nitrogen and oxygen atoms in total. The Morgan fingerprint density at radius 3 is 2.27 bits per heavy atom. The number of benzene rings is 3. The molecular weight excluding hydrogens is 382 g/mol. The van der Waals surface area contributed by atoms with Crippen molar-refractivity contribution in [2.24, 2.45) is 0 Å². The van der Waals surface area contributed by atoms with E-state index < -0.39 is 0 Å². The zero-order valence-electron chi connectivity index (χ0n) is 17.3. The lowest BCUT2D eigenvalue weighted by atomic mass is 9.74. The van der Waals surface area contributed by atoms with Crippen LogP contribution >= 0.6 is 0 Å². The number of rotatable bonds is 5. The second-order valence-electron chi connectivity index (χ2n) is 7.60. The highest BCUT2D eigenvalue weighted by Gasteiger charge is 2.28. The lowest BCUT2D eigenvalue weighted by Gasteiger charge is -2.30. The molecule has 0 amide bonds. The topological polar surface area (TPSA) is 18.5 Å². The van der Waals surface area contributed by atoms with E-state index in [4.69, 9.17) is 9.47 Å². The van der Waals surface area contributed by atoms with Gasteiger partial charge in [-0.25, -0.2) is 8.78 Å². The van der Waals surface area contributed by atoms with E-state index in [0.717, 1.165) is 28.0 Å². The summed E-state index contributed by atoms with van der Waals surface area (Å²) in [6, 6.07) is 17.7. The molecule has 1 unspecified atom stereocenters. The minimum Gasteiger partial charge on any atom is -0.497 e. The van der Waals surface area contributed by atoms with Gasteiger partial charge in [0, 0.05) is 18.4 Å². The van der Waals surface area contributed by atoms with Gasteiger partial charge in [0.1, 0.15) is 23.1 Å². The number of fused-ring (bicyclic) bond motifs is 1. The van der Waals surface area contributed by atoms with Crippen LogP contribution in [0.2, 0.25) is 0 Å². The first kappa shape index (κ1) is 20.1. The Morgan fingerprint density at radius 1 is 0.867 bits per heavy atom. The van der Waals surface area contributed by atoms with Gasteiger partial charge in [-0.15, -0.1) is 0 Å². The minimum absolute atomic E-state index is 0.126. The summed E-state index contributed by atoms with van der Waals surface area (Å²) < 4.78 is 39.9. The van der Waals surface area contributed by atoms with Crippen LogP contribution in [0.3, 0.4) is 0 Å². The SMILES string of the molecule is COc1ccc(C2Cc3ccc(OC)cc3C(Cc3ccccc3F)=C2C)c(F)c1. The third-order valence-electron chi connectivity index (χ3n) is 5.97. The Morgan fingerprint density at radius 2 is 1.57 bits per heavy atom. The van der Waals surface area contributed by atoms with Gasteiger partial charge in [-0.2, -0.15) is 0 Å². The van der Waals surface area contributed by atoms with Crippen molar-refractivity contribution in [1.82, 2.24) is 0 Å². The van der Waals surface area contributed by atoms with E-state index in [1.54, 1.807) is 31.4 Å². The molecule has 0 heterocycles. The molecule has 0 saturated heterocycles. The first-order valence-corrected chi connectivity index (χ1v) is 9.95. The normalized spacial score (nSPS) is 15.7. The van der Waals surface area contributed by atoms with Gasteiger partial charge < -0.3 is 9.47 Å². The average molecular weight is 406 g/mol. The second kappa shape index (κ2) is 8.31. The summed E-state index contributed by atoms with van der Waals surface area (Å²) in [4.78, 5) is 0. The van der Waals surface area contributed by atoms with Crippen LogP contribution in [0.5, 0.6) is 11.5 Å². The molecule has 0 radical (unpaired) electrons. The predicted octanol–water partition coefficient (Wildman–Crippen LogP) is 6.34. The fraction of sp³-hybridized carbons (Fsp3) is 0.231. The molecule has 0 spiro atoms. The van der Waals surface area contributed by atoms with Crippen LogP contribution in [0.25, 0.3) is 5.57 Å². The molecule has 0 saturated carbocycles. The minimum atomic E-state index is -0.291. The number of halogens is 2. The molecule has 0 aliphatic heterocycles. The molecule has 0 aromatic heterocycles. The van der Waals surface area contributed by atoms with Gasteiger partial charge in [0.05, 0.1) is 14.2 Å². The van der Waals surface area contributed by atoms with E-state index in [1.807, 2.05) is 31.2 Å². The molecule has 3 aromatic carbocycles. The van der Waals surface area contributed by atoms with Crippen LogP contribution in [0, 0.1) is 11.6 Å². The van der Waals surface area contributed by atoms with E-state index in [9.17, 15) is 8.78 Å². The van der Waals surface area contributed by atoms with Gasteiger partial charge >= 0.3 is 0 Å². The molecule has 1 atom stereocenters. The van der Waals surface area contributed by atoms with Crippen LogP contribution in [-0.4, -0.2) is 14.2 Å². The summed E-state index contributed by atoms with van der Waals surface area (Å²) in [6.45, 7) is 2.02. The summed E-state index contributed by atoms with van der Waals surface area (Å²) >= 11 is 0. The molecule has 30 heavy (non-hydrogen) atoms. The standard InChI is InChI=1S/C26H24F2O2/c1-16-22(21-11-10-20(30-3)15-26(21)28)12-17-8-9-19(29-2)14-24(17)23(16)13-18-6-4-5-7-25(18)27/h4-11,14-15,22H,12-13H2,1-3H3. The van der Waals surface area contributed by atoms with Gasteiger partial charge in [0.25, 0.3) is 0 Å². The highest BCUT2D eigenvalue weighted by Crippen LogP contribution is 2.43. The van der Waals surface area contributed by atoms with Crippen LogP contribution in [0.1, 0.15) is 35.1 Å². The summed E-state index contributed by atoms with van der Waals surface area (Å²) in [6.07, 6.45) is 1.11. The average Bonchev–Trinajstić information content (AvgIpc) is 2.76. The molecule has 0 fully saturated rings. The molecular formula is C26H24F2O2. The zero-order chi connectivity index (χ0) is 21.3. The fourth-order valence-electron chi connectivity index (χ4n) is 4.26. The summed E-state index contributed by atoms with van der Waals surface area (Å²) in [7, 11) is 3.16. The van der Waals surface area contributed by atoms with Gasteiger partial charge in [0.15, 0.2) is 0 Å². The van der Waals surface area contributed by atoms with Gasteiger partial charge in [-0.1, -0.05) is 35.9 Å². The van der Waals surface area contributed by atoms with Crippen LogP contribution in [0.4, 0.5) is 8.78 Å². The van der Waals surface area contributed by atoms with E-state index in [0.29, 0.717) is 29.7 Å². The van der Waals surface area contributed by atoms with Gasteiger partial charge in [-0.05, 0) is 65.4 Å². The van der Waals surface area contributed by atoms with Crippen LogP contribution < -0.4 is 9.47 Å². The Labute approximate surface area is 175 Å². The number of allylic oxidation sites excluding steroid dienone is 2. The summed E-state index contributed by atoms with van der Waals surface area (Å²) in [5.74, 6) is 0.589. The Kier molecular flexibility index (Phi) is 5.58. The highest BCUT2D eigenvalue weighted by molar-refractivity contribution is 5.77. The van der Waals surface area contributed by atoms with Crippen molar-refractivity contribution in [1.29, 1.82) is 0 Å². The fourth-order valence-corrected chi connectivity index (χ4v) is 4.26. The van der Waals surface area contributed by atoms with Crippen molar-refractivity contribution in [3.05, 3.63) is 100 Å². The lowest BCUT2D eigenvalue weighted by Crippen LogP contribution is -2.16. The number of methoxy groups -OCH3 is 2. The third-order valence-corrected chi connectivity index (χ3v) is 5.97. The van der Waals surface area contributed by atoms with E-state index in [-0.39, 0.29) is 17.6 Å². The Balaban J connectivity index is 1.85. The van der Waals surface area contributed by atoms with Crippen molar-refractivity contribution in [2.45, 2.75) is 25.7 Å². The van der Waals surface area contributed by atoms with E-state index in [1.165, 1.54) is 19.2 Å². The Bertz CT molecular complexity index is 1120. The monoisotopic (exact) mass is 406 g/mol. The lowest BCUT2D eigenvalue weighted by molar-refractivity contribution is 0.410. The van der Waals surface area contributed by atoms with Crippen molar-refractivity contribution in [2.75, 3.05) is 14.2 Å². The number of hydrogen-bond donors (Lipinski definition) is 0. The quantitative estimate of drug-likeness (QED) is 0.492. The number of ether oxygens (including phenoxy) is 2. The molecule has 4 rings (SSSR count). The summed E-state index contributed by atoms with van der Waals surface area (Å²) in [5.41, 5.74) is 5.45. The maximum absolute atomic E-state index is 14.9.